The van der Waals surface area contributed by atoms with Crippen molar-refractivity contribution in [2.75, 3.05) is 5.73 Å². The minimum Gasteiger partial charge on any atom is -0.399 e. The van der Waals surface area contributed by atoms with Crippen LogP contribution >= 0.6 is 15.9 Å². The van der Waals surface area contributed by atoms with E-state index in [1.807, 2.05) is 12.1 Å². The van der Waals surface area contributed by atoms with Crippen LogP contribution in [0, 0.1) is 11.8 Å². The molecule has 0 saturated heterocycles. The van der Waals surface area contributed by atoms with Crippen molar-refractivity contribution in [3.8, 4) is 0 Å². The molecule has 17 heavy (non-hydrogen) atoms. The number of anilines is 1. The summed E-state index contributed by atoms with van der Waals surface area (Å²) in [5.41, 5.74) is 7.14. The maximum Gasteiger partial charge on any atom is 0.167 e. The standard InChI is InChI=1S/C14H18BrNO/c1-9-3-2-4-10(7-9)14(17)12-8-11(16)5-6-13(12)15/h5-6,8-10H,2-4,7,16H2,1H3. The third-order valence-electron chi connectivity index (χ3n) is 3.56. The lowest BCUT2D eigenvalue weighted by atomic mass is 9.79. The minimum absolute atomic E-state index is 0.178. The van der Waals surface area contributed by atoms with Gasteiger partial charge in [-0.25, -0.2) is 0 Å². The van der Waals surface area contributed by atoms with E-state index >= 15 is 0 Å². The molecule has 2 N–H and O–H groups in total. The molecule has 0 heterocycles. The Morgan fingerprint density at radius 1 is 1.41 bits per heavy atom. The van der Waals surface area contributed by atoms with Crippen molar-refractivity contribution >= 4 is 27.4 Å². The predicted molar refractivity (Wildman–Crippen MR) is 74.0 cm³/mol. The Hall–Kier alpha value is -0.830. The molecule has 1 aliphatic carbocycles. The number of halogens is 1. The van der Waals surface area contributed by atoms with Gasteiger partial charge < -0.3 is 5.73 Å². The molecule has 0 spiro atoms. The van der Waals surface area contributed by atoms with Crippen LogP contribution in [0.2, 0.25) is 0 Å². The monoisotopic (exact) mass is 295 g/mol. The van der Waals surface area contributed by atoms with Crippen LogP contribution in [0.4, 0.5) is 5.69 Å². The highest BCUT2D eigenvalue weighted by Crippen LogP contribution is 2.33. The molecule has 0 radical (unpaired) electrons. The molecule has 0 bridgehead atoms. The Morgan fingerprint density at radius 3 is 2.88 bits per heavy atom. The zero-order valence-electron chi connectivity index (χ0n) is 10.1. The van der Waals surface area contributed by atoms with E-state index in [0.717, 1.165) is 29.3 Å². The molecule has 2 unspecified atom stereocenters. The van der Waals surface area contributed by atoms with Gasteiger partial charge in [0, 0.05) is 21.6 Å². The van der Waals surface area contributed by atoms with Gasteiger partial charge in [0.15, 0.2) is 5.78 Å². The number of nitrogen functional groups attached to an aromatic ring is 1. The van der Waals surface area contributed by atoms with Gasteiger partial charge in [0.2, 0.25) is 0 Å². The van der Waals surface area contributed by atoms with E-state index in [1.165, 1.54) is 6.42 Å². The van der Waals surface area contributed by atoms with Crippen molar-refractivity contribution in [2.45, 2.75) is 32.6 Å². The molecule has 0 amide bonds. The Balaban J connectivity index is 2.21. The molecule has 1 fully saturated rings. The zero-order chi connectivity index (χ0) is 12.4. The van der Waals surface area contributed by atoms with E-state index < -0.39 is 0 Å². The molecule has 3 heteroatoms. The van der Waals surface area contributed by atoms with E-state index in [4.69, 9.17) is 5.73 Å². The third-order valence-corrected chi connectivity index (χ3v) is 4.25. The normalized spacial score (nSPS) is 24.6. The maximum absolute atomic E-state index is 12.4. The lowest BCUT2D eigenvalue weighted by Gasteiger charge is -2.25. The molecular formula is C14H18BrNO. The first-order valence-electron chi connectivity index (χ1n) is 6.17. The SMILES string of the molecule is CC1CCCC(C(=O)c2cc(N)ccc2Br)C1. The summed E-state index contributed by atoms with van der Waals surface area (Å²) in [6, 6.07) is 5.45. The van der Waals surface area contributed by atoms with Crippen molar-refractivity contribution in [1.29, 1.82) is 0 Å². The van der Waals surface area contributed by atoms with Gasteiger partial charge in [-0.15, -0.1) is 0 Å². The number of Topliss-reactive ketones (excluding diaryl/α,β-unsaturated/α-hetero) is 1. The first kappa shape index (κ1) is 12.6. The number of carbonyl (C=O) groups is 1. The molecule has 0 aromatic heterocycles. The summed E-state index contributed by atoms with van der Waals surface area (Å²) in [7, 11) is 0. The Morgan fingerprint density at radius 2 is 2.18 bits per heavy atom. The van der Waals surface area contributed by atoms with Crippen molar-refractivity contribution in [2.24, 2.45) is 11.8 Å². The van der Waals surface area contributed by atoms with E-state index in [-0.39, 0.29) is 11.7 Å². The van der Waals surface area contributed by atoms with E-state index in [0.29, 0.717) is 11.6 Å². The van der Waals surface area contributed by atoms with E-state index in [1.54, 1.807) is 6.07 Å². The number of rotatable bonds is 2. The highest BCUT2D eigenvalue weighted by atomic mass is 79.9. The van der Waals surface area contributed by atoms with Crippen LogP contribution in [0.15, 0.2) is 22.7 Å². The number of carbonyl (C=O) groups excluding carboxylic acids is 1. The molecular weight excluding hydrogens is 278 g/mol. The fourth-order valence-corrected chi connectivity index (χ4v) is 3.07. The minimum atomic E-state index is 0.178. The fraction of sp³-hybridized carbons (Fsp3) is 0.500. The smallest absolute Gasteiger partial charge is 0.167 e. The van der Waals surface area contributed by atoms with Crippen molar-refractivity contribution in [3.63, 3.8) is 0 Å². The van der Waals surface area contributed by atoms with Crippen LogP contribution in [0.3, 0.4) is 0 Å². The molecule has 1 aromatic carbocycles. The molecule has 0 aliphatic heterocycles. The van der Waals surface area contributed by atoms with E-state index in [9.17, 15) is 4.79 Å². The fourth-order valence-electron chi connectivity index (χ4n) is 2.62. The summed E-state index contributed by atoms with van der Waals surface area (Å²) in [5, 5.41) is 0. The number of benzene rings is 1. The van der Waals surface area contributed by atoms with Crippen LogP contribution in [0.25, 0.3) is 0 Å². The molecule has 1 aliphatic rings. The van der Waals surface area contributed by atoms with Crippen molar-refractivity contribution < 1.29 is 4.79 Å². The Bertz CT molecular complexity index is 430. The summed E-state index contributed by atoms with van der Waals surface area (Å²) < 4.78 is 0.856. The van der Waals surface area contributed by atoms with Gasteiger partial charge in [0.25, 0.3) is 0 Å². The lowest BCUT2D eigenvalue weighted by molar-refractivity contribution is 0.0867. The molecule has 1 aromatic rings. The first-order valence-corrected chi connectivity index (χ1v) is 6.96. The van der Waals surface area contributed by atoms with Crippen LogP contribution in [-0.4, -0.2) is 5.78 Å². The van der Waals surface area contributed by atoms with Gasteiger partial charge in [0.05, 0.1) is 0 Å². The topological polar surface area (TPSA) is 43.1 Å². The highest BCUT2D eigenvalue weighted by molar-refractivity contribution is 9.10. The summed E-state index contributed by atoms with van der Waals surface area (Å²) >= 11 is 3.44. The maximum atomic E-state index is 12.4. The predicted octanol–water partition coefficient (Wildman–Crippen LogP) is 4.04. The van der Waals surface area contributed by atoms with Crippen LogP contribution < -0.4 is 5.73 Å². The van der Waals surface area contributed by atoms with Crippen molar-refractivity contribution in [3.05, 3.63) is 28.2 Å². The van der Waals surface area contributed by atoms with Gasteiger partial charge >= 0.3 is 0 Å². The number of nitrogens with two attached hydrogens (primary N) is 1. The van der Waals surface area contributed by atoms with Crippen LogP contribution in [-0.2, 0) is 0 Å². The van der Waals surface area contributed by atoms with Crippen LogP contribution in [0.5, 0.6) is 0 Å². The quantitative estimate of drug-likeness (QED) is 0.661. The summed E-state index contributed by atoms with van der Waals surface area (Å²) in [6.07, 6.45) is 4.45. The first-order chi connectivity index (χ1) is 8.08. The van der Waals surface area contributed by atoms with Gasteiger partial charge in [-0.2, -0.15) is 0 Å². The molecule has 1 saturated carbocycles. The summed E-state index contributed by atoms with van der Waals surface area (Å²) in [4.78, 5) is 12.4. The number of hydrogen-bond donors (Lipinski definition) is 1. The molecule has 2 rings (SSSR count). The molecule has 2 nitrogen and oxygen atoms in total. The highest BCUT2D eigenvalue weighted by Gasteiger charge is 2.26. The van der Waals surface area contributed by atoms with E-state index in [2.05, 4.69) is 22.9 Å². The van der Waals surface area contributed by atoms with Gasteiger partial charge in [-0.1, -0.05) is 35.7 Å². The van der Waals surface area contributed by atoms with Gasteiger partial charge in [-0.05, 0) is 37.0 Å². The third kappa shape index (κ3) is 2.89. The van der Waals surface area contributed by atoms with Crippen LogP contribution in [0.1, 0.15) is 43.0 Å². The summed E-state index contributed by atoms with van der Waals surface area (Å²) in [6.45, 7) is 2.23. The number of ketones is 1. The lowest BCUT2D eigenvalue weighted by Crippen LogP contribution is -2.22. The largest absolute Gasteiger partial charge is 0.399 e. The second kappa shape index (κ2) is 5.21. The van der Waals surface area contributed by atoms with Gasteiger partial charge in [-0.3, -0.25) is 4.79 Å². The summed E-state index contributed by atoms with van der Waals surface area (Å²) in [5.74, 6) is 1.09. The number of hydrogen-bond acceptors (Lipinski definition) is 2. The van der Waals surface area contributed by atoms with Gasteiger partial charge in [0.1, 0.15) is 0 Å². The zero-order valence-corrected chi connectivity index (χ0v) is 11.7. The Kier molecular flexibility index (Phi) is 3.87. The van der Waals surface area contributed by atoms with Crippen molar-refractivity contribution in [1.82, 2.24) is 0 Å². The second-order valence-corrected chi connectivity index (χ2v) is 5.93. The molecule has 92 valence electrons. The second-order valence-electron chi connectivity index (χ2n) is 5.07. The average Bonchev–Trinajstić information content (AvgIpc) is 2.31. The average molecular weight is 296 g/mol. The Labute approximate surface area is 111 Å². The molecule has 2 atom stereocenters.